The zero-order chi connectivity index (χ0) is 22.7. The smallest absolute Gasteiger partial charge is 0.246 e. The lowest BCUT2D eigenvalue weighted by Gasteiger charge is -2.60. The Morgan fingerprint density at radius 2 is 1.97 bits per heavy atom. The number of fused-ring (bicyclic) bond motifs is 5. The van der Waals surface area contributed by atoms with Crippen molar-refractivity contribution >= 4 is 17.5 Å². The number of likely N-dealkylation sites (N-methyl/N-ethyl adjacent to an activating group) is 1. The second kappa shape index (κ2) is 7.71. The molecule has 1 aromatic heterocycles. The van der Waals surface area contributed by atoms with E-state index in [-0.39, 0.29) is 22.6 Å². The third-order valence-electron chi connectivity index (χ3n) is 9.95. The van der Waals surface area contributed by atoms with E-state index in [9.17, 15) is 9.59 Å². The zero-order valence-corrected chi connectivity index (χ0v) is 19.9. The van der Waals surface area contributed by atoms with Crippen molar-refractivity contribution in [1.29, 1.82) is 0 Å². The van der Waals surface area contributed by atoms with Gasteiger partial charge in [0, 0.05) is 30.6 Å². The number of nitrogens with zero attached hydrogens (tertiary/aromatic N) is 2. The fourth-order valence-electron chi connectivity index (χ4n) is 8.16. The summed E-state index contributed by atoms with van der Waals surface area (Å²) in [5, 5.41) is 3.07. The molecule has 5 heteroatoms. The molecule has 5 rings (SSSR count). The number of carbonyl (C=O) groups is 2. The monoisotopic (exact) mass is 435 g/mol. The highest BCUT2D eigenvalue weighted by Crippen LogP contribution is 2.65. The van der Waals surface area contributed by atoms with Gasteiger partial charge in [-0.1, -0.05) is 19.9 Å². The highest BCUT2D eigenvalue weighted by Gasteiger charge is 2.60. The van der Waals surface area contributed by atoms with Crippen LogP contribution in [0, 0.1) is 41.4 Å². The van der Waals surface area contributed by atoms with E-state index in [0.29, 0.717) is 36.1 Å². The summed E-state index contributed by atoms with van der Waals surface area (Å²) in [5.41, 5.74) is 2.07. The number of anilines is 1. The van der Waals surface area contributed by atoms with E-state index in [1.807, 2.05) is 37.1 Å². The van der Waals surface area contributed by atoms with Crippen LogP contribution < -0.4 is 5.32 Å². The summed E-state index contributed by atoms with van der Waals surface area (Å²) >= 11 is 0. The van der Waals surface area contributed by atoms with Crippen LogP contribution in [-0.2, 0) is 9.59 Å². The van der Waals surface area contributed by atoms with Crippen molar-refractivity contribution in [3.63, 3.8) is 0 Å². The second-order valence-corrected chi connectivity index (χ2v) is 11.4. The van der Waals surface area contributed by atoms with Crippen LogP contribution in [0.1, 0.15) is 64.5 Å². The van der Waals surface area contributed by atoms with Gasteiger partial charge in [0.1, 0.15) is 0 Å². The van der Waals surface area contributed by atoms with Crippen LogP contribution >= 0.6 is 0 Å². The van der Waals surface area contributed by atoms with Crippen molar-refractivity contribution in [2.45, 2.75) is 71.8 Å². The Balaban J connectivity index is 1.31. The van der Waals surface area contributed by atoms with Crippen LogP contribution in [0.3, 0.4) is 0 Å². The van der Waals surface area contributed by atoms with E-state index < -0.39 is 0 Å². The quantitative estimate of drug-likeness (QED) is 0.729. The SMILES string of the molecule is Cc1ccc(NC(=O)C[C@H]2CC[C@H]3C4CC[C@H]5N(C)C(=O)C=C[C@]5(C)C4CC[C@]23C)cn1. The molecule has 0 spiro atoms. The molecule has 3 aliphatic carbocycles. The first-order valence-electron chi connectivity index (χ1n) is 12.4. The zero-order valence-electron chi connectivity index (χ0n) is 19.9. The molecule has 2 heterocycles. The van der Waals surface area contributed by atoms with Crippen LogP contribution in [0.2, 0.25) is 0 Å². The fourth-order valence-corrected chi connectivity index (χ4v) is 8.16. The summed E-state index contributed by atoms with van der Waals surface area (Å²) in [6, 6.07) is 4.20. The highest BCUT2D eigenvalue weighted by atomic mass is 16.2. The molecule has 172 valence electrons. The van der Waals surface area contributed by atoms with Gasteiger partial charge in [0.2, 0.25) is 11.8 Å². The molecule has 3 saturated carbocycles. The summed E-state index contributed by atoms with van der Waals surface area (Å²) in [5.74, 6) is 2.75. The predicted octanol–water partition coefficient (Wildman–Crippen LogP) is 4.97. The van der Waals surface area contributed by atoms with Gasteiger partial charge >= 0.3 is 0 Å². The summed E-state index contributed by atoms with van der Waals surface area (Å²) in [4.78, 5) is 31.4. The minimum absolute atomic E-state index is 0.0841. The van der Waals surface area contributed by atoms with E-state index in [2.05, 4.69) is 30.2 Å². The number of hydrogen-bond donors (Lipinski definition) is 1. The summed E-state index contributed by atoms with van der Waals surface area (Å²) < 4.78 is 0. The average Bonchev–Trinajstić information content (AvgIpc) is 3.09. The van der Waals surface area contributed by atoms with Crippen molar-refractivity contribution < 1.29 is 9.59 Å². The maximum Gasteiger partial charge on any atom is 0.246 e. The van der Waals surface area contributed by atoms with Gasteiger partial charge in [0.05, 0.1) is 11.9 Å². The molecule has 7 atom stereocenters. The predicted molar refractivity (Wildman–Crippen MR) is 126 cm³/mol. The van der Waals surface area contributed by atoms with Crippen LogP contribution in [0.4, 0.5) is 5.69 Å². The highest BCUT2D eigenvalue weighted by molar-refractivity contribution is 5.90. The molecule has 3 fully saturated rings. The number of carbonyl (C=O) groups excluding carboxylic acids is 2. The Bertz CT molecular complexity index is 941. The van der Waals surface area contributed by atoms with Crippen molar-refractivity contribution in [2.75, 3.05) is 12.4 Å². The lowest BCUT2D eigenvalue weighted by atomic mass is 9.47. The van der Waals surface area contributed by atoms with Gasteiger partial charge in [-0.15, -0.1) is 0 Å². The molecule has 4 aliphatic rings. The van der Waals surface area contributed by atoms with Gasteiger partial charge in [-0.2, -0.15) is 0 Å². The average molecular weight is 436 g/mol. The topological polar surface area (TPSA) is 62.3 Å². The summed E-state index contributed by atoms with van der Waals surface area (Å²) in [6.07, 6.45) is 13.5. The molecule has 0 bridgehead atoms. The molecular formula is C27H37N3O2. The van der Waals surface area contributed by atoms with Gasteiger partial charge in [-0.05, 0) is 92.7 Å². The molecule has 5 nitrogen and oxygen atoms in total. The third kappa shape index (κ3) is 3.31. The van der Waals surface area contributed by atoms with Gasteiger partial charge in [-0.25, -0.2) is 0 Å². The largest absolute Gasteiger partial charge is 0.338 e. The van der Waals surface area contributed by atoms with Crippen molar-refractivity contribution in [2.24, 2.45) is 34.5 Å². The standard InChI is InChI=1S/C27H37N3O2/c1-17-5-7-19(16-28-17)29-24(31)15-18-6-9-21-20-8-10-23-27(3,14-12-25(32)30(23)4)22(20)11-13-26(18,21)2/h5,7,12,14,16,18,20-23H,6,8-11,13,15H2,1-4H3,(H,29,31)/t18-,20?,21+,22?,23-,26-,27-/m1/s1. The second-order valence-electron chi connectivity index (χ2n) is 11.4. The third-order valence-corrected chi connectivity index (χ3v) is 9.95. The maximum absolute atomic E-state index is 12.9. The van der Waals surface area contributed by atoms with E-state index in [0.717, 1.165) is 24.2 Å². The lowest BCUT2D eigenvalue weighted by Crippen LogP contribution is -2.59. The number of rotatable bonds is 3. The maximum atomic E-state index is 12.9. The van der Waals surface area contributed by atoms with E-state index in [1.54, 1.807) is 6.20 Å². The van der Waals surface area contributed by atoms with Crippen molar-refractivity contribution in [3.8, 4) is 0 Å². The van der Waals surface area contributed by atoms with Crippen molar-refractivity contribution in [1.82, 2.24) is 9.88 Å². The molecule has 1 aliphatic heterocycles. The molecule has 0 radical (unpaired) electrons. The van der Waals surface area contributed by atoms with Crippen LogP contribution in [0.25, 0.3) is 0 Å². The number of aromatic nitrogens is 1. The van der Waals surface area contributed by atoms with E-state index in [1.165, 1.54) is 25.7 Å². The molecule has 1 N–H and O–H groups in total. The van der Waals surface area contributed by atoms with Gasteiger partial charge < -0.3 is 10.2 Å². The van der Waals surface area contributed by atoms with Crippen LogP contribution in [-0.4, -0.2) is 34.8 Å². The fraction of sp³-hybridized carbons (Fsp3) is 0.667. The molecule has 1 aromatic rings. The Morgan fingerprint density at radius 1 is 1.16 bits per heavy atom. The van der Waals surface area contributed by atoms with Crippen LogP contribution in [0.15, 0.2) is 30.5 Å². The normalized spacial score (nSPS) is 40.4. The van der Waals surface area contributed by atoms with E-state index in [4.69, 9.17) is 0 Å². The minimum Gasteiger partial charge on any atom is -0.338 e. The molecule has 2 amide bonds. The Labute approximate surface area is 192 Å². The lowest BCUT2D eigenvalue weighted by molar-refractivity contribution is -0.139. The summed E-state index contributed by atoms with van der Waals surface area (Å²) in [6.45, 7) is 6.81. The van der Waals surface area contributed by atoms with Gasteiger partial charge in [0.15, 0.2) is 0 Å². The van der Waals surface area contributed by atoms with Gasteiger partial charge in [-0.3, -0.25) is 14.6 Å². The molecule has 0 aromatic carbocycles. The number of nitrogens with one attached hydrogen (secondary N) is 1. The number of hydrogen-bond acceptors (Lipinski definition) is 3. The number of pyridine rings is 1. The number of aryl methyl sites for hydroxylation is 1. The molecule has 32 heavy (non-hydrogen) atoms. The molecule has 2 unspecified atom stereocenters. The first kappa shape index (κ1) is 21.7. The Hall–Kier alpha value is -2.17. The van der Waals surface area contributed by atoms with Gasteiger partial charge in [0.25, 0.3) is 0 Å². The van der Waals surface area contributed by atoms with E-state index >= 15 is 0 Å². The number of amides is 2. The first-order valence-corrected chi connectivity index (χ1v) is 12.4. The Kier molecular flexibility index (Phi) is 5.22. The van der Waals surface area contributed by atoms with Crippen molar-refractivity contribution in [3.05, 3.63) is 36.2 Å². The molecular weight excluding hydrogens is 398 g/mol. The first-order chi connectivity index (χ1) is 15.2. The molecule has 0 saturated heterocycles. The minimum atomic E-state index is 0.0841. The summed E-state index contributed by atoms with van der Waals surface area (Å²) in [7, 11) is 1.98. The Morgan fingerprint density at radius 3 is 2.72 bits per heavy atom. The van der Waals surface area contributed by atoms with Crippen LogP contribution in [0.5, 0.6) is 0 Å².